The predicted molar refractivity (Wildman–Crippen MR) is 157 cm³/mol. The van der Waals surface area contributed by atoms with Crippen LogP contribution < -0.4 is 18.9 Å². The van der Waals surface area contributed by atoms with Crippen molar-refractivity contribution in [3.05, 3.63) is 94.1 Å². The van der Waals surface area contributed by atoms with Crippen LogP contribution in [0.3, 0.4) is 0 Å². The van der Waals surface area contributed by atoms with Gasteiger partial charge in [0.15, 0.2) is 17.3 Å². The molecule has 6 rings (SSSR count). The number of esters is 1. The van der Waals surface area contributed by atoms with Crippen LogP contribution in [-0.4, -0.2) is 44.6 Å². The van der Waals surface area contributed by atoms with Crippen LogP contribution in [0.25, 0.3) is 0 Å². The van der Waals surface area contributed by atoms with Gasteiger partial charge in [0.25, 0.3) is 0 Å². The van der Waals surface area contributed by atoms with Crippen LogP contribution in [0, 0.1) is 5.92 Å². The number of carbonyl (C=O) groups excluding carboxylic acids is 2. The maximum Gasteiger partial charge on any atom is 0.315 e. The third kappa shape index (κ3) is 5.46. The number of hydrogen-bond donors (Lipinski definition) is 0. The zero-order valence-electron chi connectivity index (χ0n) is 23.3. The van der Waals surface area contributed by atoms with E-state index in [-0.39, 0.29) is 38.1 Å². The quantitative estimate of drug-likeness (QED) is 0.226. The molecule has 0 saturated carbocycles. The lowest BCUT2D eigenvalue weighted by Crippen LogP contribution is -2.38. The van der Waals surface area contributed by atoms with Gasteiger partial charge in [0, 0.05) is 40.4 Å². The molecular weight excluding hydrogens is 558 g/mol. The highest BCUT2D eigenvalue weighted by Crippen LogP contribution is 2.50. The lowest BCUT2D eigenvalue weighted by atomic mass is 9.69. The van der Waals surface area contributed by atoms with Gasteiger partial charge in [0.2, 0.25) is 6.79 Å². The van der Waals surface area contributed by atoms with Gasteiger partial charge in [-0.2, -0.15) is 0 Å². The van der Waals surface area contributed by atoms with E-state index in [4.69, 9.17) is 40.3 Å². The van der Waals surface area contributed by atoms with Crippen molar-refractivity contribution in [1.82, 2.24) is 0 Å². The highest BCUT2D eigenvalue weighted by atomic mass is 35.5. The summed E-state index contributed by atoms with van der Waals surface area (Å²) in [5.74, 6) is 0.311. The van der Waals surface area contributed by atoms with E-state index in [0.717, 1.165) is 11.3 Å². The molecule has 0 spiro atoms. The Bertz CT molecular complexity index is 1570. The predicted octanol–water partition coefficient (Wildman–Crippen LogP) is 6.27. The van der Waals surface area contributed by atoms with Gasteiger partial charge in [-0.05, 0) is 60.7 Å². The number of fused-ring (bicyclic) bond motifs is 1. The highest BCUT2D eigenvalue weighted by Gasteiger charge is 2.46. The summed E-state index contributed by atoms with van der Waals surface area (Å²) in [5.41, 5.74) is 3.35. The van der Waals surface area contributed by atoms with Crippen molar-refractivity contribution in [3.63, 3.8) is 0 Å². The number of aliphatic imine (C=N–C) groups is 1. The van der Waals surface area contributed by atoms with E-state index < -0.39 is 17.8 Å². The lowest BCUT2D eigenvalue weighted by molar-refractivity contribution is -0.147. The number of allylic oxidation sites excluding steroid dienone is 2. The maximum absolute atomic E-state index is 13.9. The van der Waals surface area contributed by atoms with E-state index in [2.05, 4.69) is 0 Å². The smallest absolute Gasteiger partial charge is 0.315 e. The zero-order chi connectivity index (χ0) is 29.2. The minimum absolute atomic E-state index is 0.0402. The summed E-state index contributed by atoms with van der Waals surface area (Å²) in [7, 11) is 1.62. The fourth-order valence-electron chi connectivity index (χ4n) is 5.89. The summed E-state index contributed by atoms with van der Waals surface area (Å²) >= 11 is 6.79. The average Bonchev–Trinajstić information content (AvgIpc) is 3.46. The summed E-state index contributed by atoms with van der Waals surface area (Å²) in [5, 5.41) is 0.376. The minimum atomic E-state index is -0.847. The molecule has 0 radical (unpaired) electrons. The Morgan fingerprint density at radius 3 is 2.45 bits per heavy atom. The van der Waals surface area contributed by atoms with Gasteiger partial charge >= 0.3 is 5.97 Å². The van der Waals surface area contributed by atoms with E-state index in [1.807, 2.05) is 54.6 Å². The number of para-hydroxylation sites is 1. The Morgan fingerprint density at radius 2 is 1.71 bits per heavy atom. The number of benzene rings is 3. The van der Waals surface area contributed by atoms with Crippen molar-refractivity contribution in [1.29, 1.82) is 0 Å². The molecular formula is C33H30ClNO7. The van der Waals surface area contributed by atoms with Crippen LogP contribution in [0.5, 0.6) is 23.0 Å². The van der Waals surface area contributed by atoms with Gasteiger partial charge < -0.3 is 23.7 Å². The number of rotatable bonds is 8. The third-order valence-corrected chi connectivity index (χ3v) is 8.22. The number of hydrogen-bond acceptors (Lipinski definition) is 8. The second-order valence-corrected chi connectivity index (χ2v) is 10.8. The number of ether oxygens (including phenoxy) is 5. The average molecular weight is 588 g/mol. The zero-order valence-corrected chi connectivity index (χ0v) is 24.1. The first-order chi connectivity index (χ1) is 20.4. The largest absolute Gasteiger partial charge is 0.497 e. The molecule has 3 aliphatic rings. The lowest BCUT2D eigenvalue weighted by Gasteiger charge is -2.37. The first-order valence-electron chi connectivity index (χ1n) is 13.8. The molecule has 3 aromatic rings. The van der Waals surface area contributed by atoms with Crippen LogP contribution in [0.1, 0.15) is 42.7 Å². The molecule has 1 unspecified atom stereocenters. The number of carbonyl (C=O) groups is 2. The third-order valence-electron chi connectivity index (χ3n) is 7.90. The second kappa shape index (κ2) is 11.9. The molecule has 42 heavy (non-hydrogen) atoms. The summed E-state index contributed by atoms with van der Waals surface area (Å²) in [6, 6.07) is 20.5. The molecule has 8 nitrogen and oxygen atoms in total. The fraction of sp³-hybridized carbons (Fsp3) is 0.303. The van der Waals surface area contributed by atoms with Gasteiger partial charge in [-0.3, -0.25) is 14.6 Å². The summed E-state index contributed by atoms with van der Waals surface area (Å²) < 4.78 is 27.8. The highest BCUT2D eigenvalue weighted by molar-refractivity contribution is 6.32. The molecule has 2 aliphatic heterocycles. The van der Waals surface area contributed by atoms with Crippen molar-refractivity contribution in [2.75, 3.05) is 27.1 Å². The van der Waals surface area contributed by atoms with E-state index >= 15 is 0 Å². The topological polar surface area (TPSA) is 92.7 Å². The summed E-state index contributed by atoms with van der Waals surface area (Å²) in [6.45, 7) is 2.10. The van der Waals surface area contributed by atoms with Gasteiger partial charge in [-0.25, -0.2) is 0 Å². The van der Waals surface area contributed by atoms with E-state index in [1.54, 1.807) is 26.2 Å². The van der Waals surface area contributed by atoms with Crippen LogP contribution in [0.15, 0.2) is 83.0 Å². The Hall–Kier alpha value is -4.30. The molecule has 0 N–H and O–H groups in total. The van der Waals surface area contributed by atoms with Crippen molar-refractivity contribution in [2.24, 2.45) is 10.9 Å². The SMILES string of the molecule is COc1ccc([C@@H]2CC(=O)C3=C(C2)N=C(C)C(C(=O)OCCOc2ccccc2)[C@H]3c2cc3c(cc2Cl)OCO3)cc1. The Balaban J connectivity index is 1.31. The van der Waals surface area contributed by atoms with Gasteiger partial charge in [0.1, 0.15) is 30.6 Å². The standard InChI is InChI=1S/C33H30ClNO7/c1-19-30(33(37)40-13-12-39-23-6-4-3-5-7-23)31(24-16-28-29(17-25(24)34)42-18-41-28)32-26(35-19)14-21(15-27(32)36)20-8-10-22(38-2)11-9-20/h3-11,16-17,21,30-31H,12-15,18H2,1-2H3/t21-,30?,31+/m0/s1. The number of Topliss-reactive ketones (excluding diaryl/α,β-unsaturated/α-hetero) is 1. The van der Waals surface area contributed by atoms with Crippen LogP contribution in [0.2, 0.25) is 5.02 Å². The van der Waals surface area contributed by atoms with Gasteiger partial charge in [0.05, 0.1) is 7.11 Å². The molecule has 0 bridgehead atoms. The molecule has 0 amide bonds. The molecule has 1 aliphatic carbocycles. The van der Waals surface area contributed by atoms with E-state index in [9.17, 15) is 9.59 Å². The molecule has 216 valence electrons. The van der Waals surface area contributed by atoms with E-state index in [0.29, 0.717) is 51.2 Å². The van der Waals surface area contributed by atoms with Crippen LogP contribution >= 0.6 is 11.6 Å². The van der Waals surface area contributed by atoms with Gasteiger partial charge in [-0.1, -0.05) is 41.9 Å². The molecule has 0 fully saturated rings. The fourth-order valence-corrected chi connectivity index (χ4v) is 6.16. The molecule has 0 aromatic heterocycles. The maximum atomic E-state index is 13.9. The molecule has 2 heterocycles. The molecule has 9 heteroatoms. The molecule has 0 saturated heterocycles. The van der Waals surface area contributed by atoms with Crippen molar-refractivity contribution in [3.8, 4) is 23.0 Å². The van der Waals surface area contributed by atoms with E-state index in [1.165, 1.54) is 0 Å². The molecule has 3 aromatic carbocycles. The Labute approximate surface area is 248 Å². The number of ketones is 1. The van der Waals surface area contributed by atoms with Gasteiger partial charge in [-0.15, -0.1) is 0 Å². The van der Waals surface area contributed by atoms with Crippen molar-refractivity contribution in [2.45, 2.75) is 31.6 Å². The normalized spacial score (nSPS) is 21.0. The van der Waals surface area contributed by atoms with Crippen LogP contribution in [0.4, 0.5) is 0 Å². The summed E-state index contributed by atoms with van der Waals surface area (Å²) in [6.07, 6.45) is 0.835. The second-order valence-electron chi connectivity index (χ2n) is 10.4. The Morgan fingerprint density at radius 1 is 0.976 bits per heavy atom. The summed E-state index contributed by atoms with van der Waals surface area (Å²) in [4.78, 5) is 32.4. The monoisotopic (exact) mass is 587 g/mol. The number of halogens is 1. The minimum Gasteiger partial charge on any atom is -0.497 e. The first-order valence-corrected chi connectivity index (χ1v) is 14.2. The number of methoxy groups -OCH3 is 1. The van der Waals surface area contributed by atoms with Crippen LogP contribution in [-0.2, 0) is 14.3 Å². The number of nitrogens with zero attached hydrogens (tertiary/aromatic N) is 1. The van der Waals surface area contributed by atoms with Crippen molar-refractivity contribution < 1.29 is 33.3 Å². The van der Waals surface area contributed by atoms with Crippen molar-refractivity contribution >= 4 is 29.1 Å². The molecule has 3 atom stereocenters. The Kier molecular flexibility index (Phi) is 7.89. The first kappa shape index (κ1) is 27.8.